The number of hydrogen-bond acceptors (Lipinski definition) is 3. The Bertz CT molecular complexity index is 3480. The molecule has 0 aliphatic heterocycles. The lowest BCUT2D eigenvalue weighted by atomic mass is 9.86. The third-order valence-corrected chi connectivity index (χ3v) is 13.6. The maximum atomic E-state index is 5.41. The molecule has 0 N–H and O–H groups in total. The quantitative estimate of drug-likeness (QED) is 0.145. The first kappa shape index (κ1) is 40.3. The van der Waals surface area contributed by atoms with Crippen molar-refractivity contribution in [2.24, 2.45) is 0 Å². The van der Waals surface area contributed by atoms with Gasteiger partial charge in [0, 0.05) is 21.9 Å². The molecule has 69 heavy (non-hydrogen) atoms. The van der Waals surface area contributed by atoms with E-state index in [-0.39, 0.29) is 0 Å². The van der Waals surface area contributed by atoms with Crippen LogP contribution in [0.25, 0.3) is 117 Å². The minimum Gasteiger partial charge on any atom is -0.278 e. The van der Waals surface area contributed by atoms with Crippen molar-refractivity contribution in [2.45, 2.75) is 12.8 Å². The van der Waals surface area contributed by atoms with Gasteiger partial charge in [0.2, 0.25) is 5.95 Å². The van der Waals surface area contributed by atoms with E-state index >= 15 is 0 Å². The van der Waals surface area contributed by atoms with Gasteiger partial charge in [0.25, 0.3) is 0 Å². The molecule has 0 bridgehead atoms. The van der Waals surface area contributed by atoms with Crippen molar-refractivity contribution in [3.05, 3.63) is 254 Å². The van der Waals surface area contributed by atoms with Crippen molar-refractivity contribution in [1.29, 1.82) is 0 Å². The van der Waals surface area contributed by atoms with Crippen molar-refractivity contribution >= 4 is 21.8 Å². The summed E-state index contributed by atoms with van der Waals surface area (Å²) in [6, 6.07) is 87.1. The monoisotopic (exact) mass is 880 g/mol. The first-order valence-electron chi connectivity index (χ1n) is 23.7. The number of aryl methyl sites for hydroxylation is 2. The number of hydrogen-bond donors (Lipinski definition) is 0. The third-order valence-electron chi connectivity index (χ3n) is 13.6. The first-order chi connectivity index (χ1) is 34.2. The molecule has 324 valence electrons. The summed E-state index contributed by atoms with van der Waals surface area (Å²) in [5.74, 6) is 1.84. The number of rotatable bonds is 9. The lowest BCUT2D eigenvalue weighted by Crippen LogP contribution is -2.06. The van der Waals surface area contributed by atoms with Crippen LogP contribution in [0.4, 0.5) is 0 Å². The highest BCUT2D eigenvalue weighted by atomic mass is 15.2. The van der Waals surface area contributed by atoms with E-state index < -0.39 is 0 Å². The van der Waals surface area contributed by atoms with Gasteiger partial charge in [-0.15, -0.1) is 0 Å². The van der Waals surface area contributed by atoms with Crippen molar-refractivity contribution < 1.29 is 0 Å². The minimum absolute atomic E-state index is 0.585. The molecule has 1 aliphatic carbocycles. The highest BCUT2D eigenvalue weighted by molar-refractivity contribution is 6.15. The lowest BCUT2D eigenvalue weighted by Gasteiger charge is -2.17. The summed E-state index contributed by atoms with van der Waals surface area (Å²) < 4.78 is 2.33. The molecule has 0 saturated carbocycles. The highest BCUT2D eigenvalue weighted by Gasteiger charge is 2.26. The smallest absolute Gasteiger partial charge is 0.238 e. The Morgan fingerprint density at radius 2 is 0.507 bits per heavy atom. The minimum atomic E-state index is 0.585. The Labute approximate surface area is 401 Å². The van der Waals surface area contributed by atoms with Gasteiger partial charge >= 0.3 is 0 Å². The van der Waals surface area contributed by atoms with Crippen LogP contribution < -0.4 is 0 Å². The summed E-state index contributed by atoms with van der Waals surface area (Å²) in [7, 11) is 0. The standard InChI is InChI=1S/C65H44N4/c1-7-19-43(20-8-1)51-35-52(44-21-9-2-10-22-44)38-55(37-51)57-33-49-31-32-50-34-58(56-39-53(45-23-11-3-12-24-45)36-54(40-56)46-25-13-4-14-26-46)42-60-62(50)61(49)59(41-57)69(60)65-67-63(47-27-15-5-16-28-47)66-64(68-65)48-29-17-6-18-30-48/h1-30,33-42H,31-32H2. The molecule has 1 aliphatic rings. The molecule has 0 radical (unpaired) electrons. The lowest BCUT2D eigenvalue weighted by molar-refractivity contribution is 0.953. The van der Waals surface area contributed by atoms with Crippen LogP contribution in [0.2, 0.25) is 0 Å². The van der Waals surface area contributed by atoms with E-state index in [9.17, 15) is 0 Å². The molecule has 0 atom stereocenters. The molecular formula is C65H44N4. The van der Waals surface area contributed by atoms with Crippen LogP contribution in [0, 0.1) is 0 Å². The zero-order chi connectivity index (χ0) is 45.7. The first-order valence-corrected chi connectivity index (χ1v) is 23.7. The van der Waals surface area contributed by atoms with Gasteiger partial charge in [-0.1, -0.05) is 194 Å². The summed E-state index contributed by atoms with van der Waals surface area (Å²) in [5.41, 5.74) is 20.8. The van der Waals surface area contributed by atoms with E-state index in [4.69, 9.17) is 15.0 Å². The molecule has 12 aromatic rings. The van der Waals surface area contributed by atoms with Crippen LogP contribution >= 0.6 is 0 Å². The summed E-state index contributed by atoms with van der Waals surface area (Å²) in [5, 5.41) is 2.52. The summed E-state index contributed by atoms with van der Waals surface area (Å²) >= 11 is 0. The fourth-order valence-electron chi connectivity index (χ4n) is 10.3. The average Bonchev–Trinajstić information content (AvgIpc) is 3.78. The maximum Gasteiger partial charge on any atom is 0.238 e. The summed E-state index contributed by atoms with van der Waals surface area (Å²) in [6.07, 6.45) is 1.82. The molecule has 13 rings (SSSR count). The SMILES string of the molecule is c1ccc(-c2cc(-c3ccccc3)cc(-c3cc4c5c6c(cc(-c7cc(-c8ccccc8)cc(-c8ccccc8)c7)cc6n(-c6nc(-c7ccccc7)nc(-c7ccccc7)n6)c5c3)CC4)c2)cc1. The van der Waals surface area contributed by atoms with E-state index in [2.05, 4.69) is 211 Å². The summed E-state index contributed by atoms with van der Waals surface area (Å²) in [6.45, 7) is 0. The van der Waals surface area contributed by atoms with Gasteiger partial charge in [0.1, 0.15) is 0 Å². The maximum absolute atomic E-state index is 5.41. The van der Waals surface area contributed by atoms with Gasteiger partial charge in [-0.2, -0.15) is 9.97 Å². The van der Waals surface area contributed by atoms with E-state index in [0.29, 0.717) is 17.6 Å². The second-order valence-corrected chi connectivity index (χ2v) is 18.0. The van der Waals surface area contributed by atoms with Gasteiger partial charge < -0.3 is 0 Å². The molecule has 0 saturated heterocycles. The second kappa shape index (κ2) is 17.0. The molecule has 2 aromatic heterocycles. The normalized spacial score (nSPS) is 11.9. The fourth-order valence-corrected chi connectivity index (χ4v) is 10.3. The molecule has 0 unspecified atom stereocenters. The van der Waals surface area contributed by atoms with Gasteiger partial charge in [-0.05, 0) is 139 Å². The number of benzene rings is 10. The second-order valence-electron chi connectivity index (χ2n) is 18.0. The van der Waals surface area contributed by atoms with Crippen LogP contribution in [0.1, 0.15) is 11.1 Å². The molecule has 0 amide bonds. The largest absolute Gasteiger partial charge is 0.278 e. The number of aromatic nitrogens is 4. The van der Waals surface area contributed by atoms with Gasteiger partial charge in [-0.25, -0.2) is 4.98 Å². The predicted molar refractivity (Wildman–Crippen MR) is 285 cm³/mol. The Hall–Kier alpha value is -8.99. The van der Waals surface area contributed by atoms with E-state index in [0.717, 1.165) is 57.3 Å². The van der Waals surface area contributed by atoms with Crippen LogP contribution in [-0.2, 0) is 12.8 Å². The average molecular weight is 881 g/mol. The molecule has 2 heterocycles. The van der Waals surface area contributed by atoms with Crippen molar-refractivity contribution in [1.82, 2.24) is 19.5 Å². The molecule has 10 aromatic carbocycles. The number of nitrogens with zero attached hydrogens (tertiary/aromatic N) is 4. The van der Waals surface area contributed by atoms with Crippen LogP contribution in [0.15, 0.2) is 243 Å². The Kier molecular flexibility index (Phi) is 9.94. The molecule has 0 fully saturated rings. The van der Waals surface area contributed by atoms with Crippen LogP contribution in [0.3, 0.4) is 0 Å². The van der Waals surface area contributed by atoms with E-state index in [1.807, 2.05) is 36.4 Å². The Balaban J connectivity index is 1.11. The third kappa shape index (κ3) is 7.49. The molecule has 4 nitrogen and oxygen atoms in total. The summed E-state index contributed by atoms with van der Waals surface area (Å²) in [4.78, 5) is 16.0. The Morgan fingerprint density at radius 1 is 0.246 bits per heavy atom. The Morgan fingerprint density at radius 3 is 0.812 bits per heavy atom. The zero-order valence-corrected chi connectivity index (χ0v) is 37.8. The topological polar surface area (TPSA) is 43.6 Å². The van der Waals surface area contributed by atoms with Crippen LogP contribution in [0.5, 0.6) is 0 Å². The predicted octanol–water partition coefficient (Wildman–Crippen LogP) is 16.4. The van der Waals surface area contributed by atoms with Crippen molar-refractivity contribution in [3.8, 4) is 95.5 Å². The fraction of sp³-hybridized carbons (Fsp3) is 0.0308. The van der Waals surface area contributed by atoms with Crippen molar-refractivity contribution in [3.63, 3.8) is 0 Å². The van der Waals surface area contributed by atoms with Gasteiger partial charge in [0.05, 0.1) is 11.0 Å². The van der Waals surface area contributed by atoms with Crippen molar-refractivity contribution in [2.75, 3.05) is 0 Å². The van der Waals surface area contributed by atoms with Gasteiger partial charge in [-0.3, -0.25) is 4.57 Å². The molecule has 4 heteroatoms. The van der Waals surface area contributed by atoms with E-state index in [1.54, 1.807) is 0 Å². The molecule has 0 spiro atoms. The van der Waals surface area contributed by atoms with Crippen LogP contribution in [-0.4, -0.2) is 19.5 Å². The molecular weight excluding hydrogens is 837 g/mol. The highest BCUT2D eigenvalue weighted by Crippen LogP contribution is 2.45. The van der Waals surface area contributed by atoms with E-state index in [1.165, 1.54) is 66.4 Å². The van der Waals surface area contributed by atoms with Gasteiger partial charge in [0.15, 0.2) is 11.6 Å². The zero-order valence-electron chi connectivity index (χ0n) is 37.8.